The lowest BCUT2D eigenvalue weighted by atomic mass is 9.72. The molecule has 0 heterocycles. The van der Waals surface area contributed by atoms with Crippen LogP contribution in [0.1, 0.15) is 0 Å². The van der Waals surface area contributed by atoms with Crippen molar-refractivity contribution < 1.29 is 34.9 Å². The highest BCUT2D eigenvalue weighted by Gasteiger charge is 2.21. The van der Waals surface area contributed by atoms with E-state index in [0.717, 1.165) is 10.8 Å². The maximum Gasteiger partial charge on any atom is 0.489 e. The zero-order valence-corrected chi connectivity index (χ0v) is 29.6. The predicted molar refractivity (Wildman–Crippen MR) is 213 cm³/mol. The third kappa shape index (κ3) is 8.66. The molecule has 16 heteroatoms. The summed E-state index contributed by atoms with van der Waals surface area (Å²) in [5, 5.41) is 72.7. The Morgan fingerprint density at radius 3 is 1.06 bits per heavy atom. The third-order valence-electron chi connectivity index (χ3n) is 8.30. The van der Waals surface area contributed by atoms with E-state index in [1.165, 1.54) is 18.2 Å². The van der Waals surface area contributed by atoms with Crippen LogP contribution in [0.2, 0.25) is 0 Å². The van der Waals surface area contributed by atoms with E-state index in [9.17, 15) is 50.4 Å². The van der Waals surface area contributed by atoms with Crippen LogP contribution in [0.3, 0.4) is 0 Å². The molecule has 0 fully saturated rings. The second-order valence-corrected chi connectivity index (χ2v) is 12.4. The molecule has 13 nitrogen and oxygen atoms in total. The number of benzene rings is 7. The molecule has 4 N–H and O–H groups in total. The van der Waals surface area contributed by atoms with Crippen LogP contribution in [-0.2, 0) is 0 Å². The number of hydrogen-bond donors (Lipinski definition) is 4. The second kappa shape index (κ2) is 17.5. The summed E-state index contributed by atoms with van der Waals surface area (Å²) in [6, 6.07) is 40.5. The first kappa shape index (κ1) is 38.9. The highest BCUT2D eigenvalue weighted by atomic mass is 79.9. The molecule has 268 valence electrons. The summed E-state index contributed by atoms with van der Waals surface area (Å²) in [4.78, 5) is 31.9. The molecule has 7 aromatic carbocycles. The molecule has 0 amide bonds. The van der Waals surface area contributed by atoms with Gasteiger partial charge >= 0.3 is 14.2 Å². The van der Waals surface area contributed by atoms with Gasteiger partial charge in [0.15, 0.2) is 0 Å². The minimum absolute atomic E-state index is 0.0195. The molecule has 0 aliphatic rings. The number of fused-ring (bicyclic) bond motifs is 2. The van der Waals surface area contributed by atoms with E-state index in [0.29, 0.717) is 48.4 Å². The Morgan fingerprint density at radius 1 is 0.389 bits per heavy atom. The lowest BCUT2D eigenvalue weighted by Gasteiger charge is -2.11. The van der Waals surface area contributed by atoms with Crippen molar-refractivity contribution in [2.24, 2.45) is 0 Å². The molecule has 0 aliphatic carbocycles. The topological polar surface area (TPSA) is 210 Å². The van der Waals surface area contributed by atoms with Gasteiger partial charge in [-0.05, 0) is 77.7 Å². The molecule has 0 radical (unpaired) electrons. The normalized spacial score (nSPS) is 10.4. The molecule has 0 bridgehead atoms. The van der Waals surface area contributed by atoms with E-state index in [4.69, 9.17) is 0 Å². The summed E-state index contributed by atoms with van der Waals surface area (Å²) >= 11 is 3.06. The molecule has 0 unspecified atom stereocenters. The SMILES string of the molecule is O=[N+]([O-])c1ccccc1-c1cccc2c(-c3ccccc3[N+](=O)[O-])cccc12.O=[N+]([O-])c1ccccc1Br.OB(O)c1cccc2c(B(O)O)cccc12. The van der Waals surface area contributed by atoms with Gasteiger partial charge in [-0.1, -0.05) is 109 Å². The monoisotopic (exact) mass is 787 g/mol. The summed E-state index contributed by atoms with van der Waals surface area (Å²) in [5.41, 5.74) is 3.28. The molecule has 0 spiro atoms. The van der Waals surface area contributed by atoms with Crippen molar-refractivity contribution in [1.29, 1.82) is 0 Å². The minimum atomic E-state index is -1.57. The van der Waals surface area contributed by atoms with Crippen molar-refractivity contribution in [1.82, 2.24) is 0 Å². The maximum atomic E-state index is 11.5. The molecular formula is C38H28B2BrN3O10. The molecule has 7 rings (SSSR count). The van der Waals surface area contributed by atoms with Crippen LogP contribution in [0.15, 0.2) is 150 Å². The van der Waals surface area contributed by atoms with Gasteiger partial charge in [0.25, 0.3) is 17.1 Å². The molecular weight excluding hydrogens is 760 g/mol. The Morgan fingerprint density at radius 2 is 0.704 bits per heavy atom. The number of nitrogens with zero attached hydrogens (tertiary/aromatic N) is 3. The summed E-state index contributed by atoms with van der Waals surface area (Å²) in [6.07, 6.45) is 0. The van der Waals surface area contributed by atoms with E-state index in [1.54, 1.807) is 91.0 Å². The fraction of sp³-hybridized carbons (Fsp3) is 0. The highest BCUT2D eigenvalue weighted by molar-refractivity contribution is 9.10. The van der Waals surface area contributed by atoms with E-state index in [-0.39, 0.29) is 17.1 Å². The number of nitro groups is 3. The molecule has 7 aromatic rings. The molecule has 0 aliphatic heterocycles. The number of halogens is 1. The second-order valence-electron chi connectivity index (χ2n) is 11.5. The van der Waals surface area contributed by atoms with Crippen LogP contribution in [-0.4, -0.2) is 49.1 Å². The largest absolute Gasteiger partial charge is 0.489 e. The molecule has 0 saturated heterocycles. The fourth-order valence-corrected chi connectivity index (χ4v) is 6.34. The maximum absolute atomic E-state index is 11.5. The van der Waals surface area contributed by atoms with Crippen LogP contribution in [0, 0.1) is 30.3 Å². The first-order chi connectivity index (χ1) is 25.9. The molecule has 0 atom stereocenters. The highest BCUT2D eigenvalue weighted by Crippen LogP contribution is 2.40. The van der Waals surface area contributed by atoms with Crippen molar-refractivity contribution in [2.75, 3.05) is 0 Å². The average Bonchev–Trinajstić information content (AvgIpc) is 3.17. The summed E-state index contributed by atoms with van der Waals surface area (Å²) in [5.74, 6) is 0. The first-order valence-electron chi connectivity index (χ1n) is 16.0. The Labute approximate surface area is 316 Å². The Kier molecular flexibility index (Phi) is 12.6. The molecule has 0 saturated carbocycles. The van der Waals surface area contributed by atoms with Crippen molar-refractivity contribution >= 4 is 79.7 Å². The standard InChI is InChI=1S/C22H14N2O4.C10H10B2O4.C6H4BrNO2/c25-23(26)21-13-3-1-7-19(21)17-11-5-10-16-15(17)9-6-12-18(16)20-8-2-4-14-22(20)24(27)28;13-11(14)9-5-1-3-7-8(9)4-2-6-10(7)12(15)16;7-5-3-1-2-4-6(5)8(9)10/h1-14H;1-6,13-16H;1-4H. The Hall–Kier alpha value is -6.29. The van der Waals surface area contributed by atoms with E-state index >= 15 is 0 Å². The van der Waals surface area contributed by atoms with Gasteiger partial charge < -0.3 is 20.1 Å². The van der Waals surface area contributed by atoms with Gasteiger partial charge in [0.1, 0.15) is 0 Å². The van der Waals surface area contributed by atoms with Crippen LogP contribution in [0.25, 0.3) is 43.8 Å². The minimum Gasteiger partial charge on any atom is -0.423 e. The Bertz CT molecular complexity index is 2360. The Balaban J connectivity index is 0.000000180. The lowest BCUT2D eigenvalue weighted by Crippen LogP contribution is -2.34. The van der Waals surface area contributed by atoms with Gasteiger partial charge in [0, 0.05) is 18.2 Å². The van der Waals surface area contributed by atoms with E-state index in [2.05, 4.69) is 15.9 Å². The summed E-state index contributed by atoms with van der Waals surface area (Å²) in [6.45, 7) is 0. The molecule has 0 aromatic heterocycles. The van der Waals surface area contributed by atoms with Crippen LogP contribution >= 0.6 is 15.9 Å². The molecule has 54 heavy (non-hydrogen) atoms. The van der Waals surface area contributed by atoms with Crippen molar-refractivity contribution in [3.8, 4) is 22.3 Å². The van der Waals surface area contributed by atoms with Gasteiger partial charge in [-0.15, -0.1) is 0 Å². The number of nitro benzene ring substituents is 3. The van der Waals surface area contributed by atoms with Crippen molar-refractivity contribution in [2.45, 2.75) is 0 Å². The first-order valence-corrected chi connectivity index (χ1v) is 16.8. The van der Waals surface area contributed by atoms with E-state index < -0.39 is 29.0 Å². The van der Waals surface area contributed by atoms with Crippen LogP contribution in [0.5, 0.6) is 0 Å². The average molecular weight is 788 g/mol. The number of para-hydroxylation sites is 3. The summed E-state index contributed by atoms with van der Waals surface area (Å²) < 4.78 is 0.514. The zero-order valence-electron chi connectivity index (χ0n) is 28.0. The van der Waals surface area contributed by atoms with Gasteiger partial charge in [-0.2, -0.15) is 0 Å². The number of hydrogen-bond acceptors (Lipinski definition) is 10. The van der Waals surface area contributed by atoms with Crippen LogP contribution in [0.4, 0.5) is 17.1 Å². The van der Waals surface area contributed by atoms with Gasteiger partial charge in [-0.25, -0.2) is 0 Å². The van der Waals surface area contributed by atoms with Crippen molar-refractivity contribution in [3.63, 3.8) is 0 Å². The zero-order chi connectivity index (χ0) is 38.9. The van der Waals surface area contributed by atoms with Gasteiger partial charge in [0.2, 0.25) is 0 Å². The van der Waals surface area contributed by atoms with Gasteiger partial charge in [0.05, 0.1) is 30.4 Å². The van der Waals surface area contributed by atoms with Crippen LogP contribution < -0.4 is 10.9 Å². The summed E-state index contributed by atoms with van der Waals surface area (Å²) in [7, 11) is -3.15. The van der Waals surface area contributed by atoms with E-state index in [1.807, 2.05) is 36.4 Å². The smallest absolute Gasteiger partial charge is 0.423 e. The predicted octanol–water partition coefficient (Wildman–Crippen LogP) is 6.55. The van der Waals surface area contributed by atoms with Gasteiger partial charge in [-0.3, -0.25) is 30.3 Å². The lowest BCUT2D eigenvalue weighted by molar-refractivity contribution is -0.385. The number of rotatable bonds is 7. The van der Waals surface area contributed by atoms with Crippen molar-refractivity contribution in [3.05, 3.63) is 180 Å². The third-order valence-corrected chi connectivity index (χ3v) is 8.97. The quantitative estimate of drug-likeness (QED) is 0.0778. The fourth-order valence-electron chi connectivity index (χ4n) is 5.91.